The normalized spacial score (nSPS) is 13.0. The molecule has 0 fully saturated rings. The standard InChI is InChI=1S/C18H20N2O5S/c1-12(2)20-26(22,23)15-6-4-14(5-7-15)18(21)19-10-13-3-8-16-17(9-13)25-11-24-16/h3-9,12,20H,10-11H2,1-2H3,(H,19,21). The third kappa shape index (κ3) is 4.14. The van der Waals surface area contributed by atoms with Crippen molar-refractivity contribution in [1.29, 1.82) is 0 Å². The van der Waals surface area contributed by atoms with Gasteiger partial charge < -0.3 is 14.8 Å². The molecule has 0 saturated carbocycles. The molecule has 1 amide bonds. The van der Waals surface area contributed by atoms with Crippen molar-refractivity contribution in [1.82, 2.24) is 10.0 Å². The first kappa shape index (κ1) is 18.2. The van der Waals surface area contributed by atoms with Crippen LogP contribution in [0.15, 0.2) is 47.4 Å². The molecule has 8 heteroatoms. The van der Waals surface area contributed by atoms with Crippen molar-refractivity contribution < 1.29 is 22.7 Å². The van der Waals surface area contributed by atoms with Crippen LogP contribution in [0, 0.1) is 0 Å². The van der Waals surface area contributed by atoms with Gasteiger partial charge in [-0.3, -0.25) is 4.79 Å². The molecule has 0 bridgehead atoms. The number of rotatable bonds is 6. The number of amides is 1. The van der Waals surface area contributed by atoms with Crippen molar-refractivity contribution >= 4 is 15.9 Å². The lowest BCUT2D eigenvalue weighted by Crippen LogP contribution is -2.30. The molecule has 1 aliphatic rings. The van der Waals surface area contributed by atoms with Crippen molar-refractivity contribution in [2.45, 2.75) is 31.3 Å². The molecule has 26 heavy (non-hydrogen) atoms. The van der Waals surface area contributed by atoms with E-state index in [1.54, 1.807) is 19.9 Å². The topological polar surface area (TPSA) is 93.7 Å². The number of nitrogens with one attached hydrogen (secondary N) is 2. The Morgan fingerprint density at radius 3 is 2.46 bits per heavy atom. The first-order chi connectivity index (χ1) is 12.3. The molecule has 0 spiro atoms. The lowest BCUT2D eigenvalue weighted by molar-refractivity contribution is 0.0950. The SMILES string of the molecule is CC(C)NS(=O)(=O)c1ccc(C(=O)NCc2ccc3c(c2)OCO3)cc1. The van der Waals surface area contributed by atoms with Gasteiger partial charge in [-0.1, -0.05) is 6.07 Å². The summed E-state index contributed by atoms with van der Waals surface area (Å²) in [4.78, 5) is 12.4. The van der Waals surface area contributed by atoms with Gasteiger partial charge in [0.2, 0.25) is 16.8 Å². The Morgan fingerprint density at radius 1 is 1.08 bits per heavy atom. The highest BCUT2D eigenvalue weighted by molar-refractivity contribution is 7.89. The van der Waals surface area contributed by atoms with Crippen LogP contribution in [0.2, 0.25) is 0 Å². The zero-order chi connectivity index (χ0) is 18.7. The Labute approximate surface area is 152 Å². The fraction of sp³-hybridized carbons (Fsp3) is 0.278. The van der Waals surface area contributed by atoms with Crippen LogP contribution in [0.1, 0.15) is 29.8 Å². The second-order valence-electron chi connectivity index (χ2n) is 6.17. The predicted molar refractivity (Wildman–Crippen MR) is 95.6 cm³/mol. The summed E-state index contributed by atoms with van der Waals surface area (Å²) in [6.45, 7) is 4.02. The molecule has 2 aromatic rings. The fourth-order valence-electron chi connectivity index (χ4n) is 2.50. The summed E-state index contributed by atoms with van der Waals surface area (Å²) in [5.74, 6) is 1.05. The number of carbonyl (C=O) groups excluding carboxylic acids is 1. The number of carbonyl (C=O) groups is 1. The van der Waals surface area contributed by atoms with Gasteiger partial charge in [0.15, 0.2) is 11.5 Å². The maximum Gasteiger partial charge on any atom is 0.251 e. The molecule has 138 valence electrons. The maximum absolute atomic E-state index is 12.3. The van der Waals surface area contributed by atoms with Gasteiger partial charge in [-0.25, -0.2) is 13.1 Å². The lowest BCUT2D eigenvalue weighted by Gasteiger charge is -2.10. The molecular weight excluding hydrogens is 356 g/mol. The van der Waals surface area contributed by atoms with E-state index in [1.807, 2.05) is 12.1 Å². The molecule has 0 atom stereocenters. The largest absolute Gasteiger partial charge is 0.454 e. The molecular formula is C18H20N2O5S. The van der Waals surface area contributed by atoms with E-state index in [1.165, 1.54) is 24.3 Å². The minimum atomic E-state index is -3.57. The number of sulfonamides is 1. The first-order valence-corrected chi connectivity index (χ1v) is 9.62. The Balaban J connectivity index is 1.63. The highest BCUT2D eigenvalue weighted by atomic mass is 32.2. The van der Waals surface area contributed by atoms with Crippen molar-refractivity contribution in [3.05, 3.63) is 53.6 Å². The molecule has 0 aromatic heterocycles. The summed E-state index contributed by atoms with van der Waals surface area (Å²) in [6, 6.07) is 11.1. The molecule has 0 saturated heterocycles. The number of benzene rings is 2. The van der Waals surface area contributed by atoms with E-state index < -0.39 is 10.0 Å². The Hall–Kier alpha value is -2.58. The highest BCUT2D eigenvalue weighted by Crippen LogP contribution is 2.32. The van der Waals surface area contributed by atoms with Gasteiger partial charge in [0.25, 0.3) is 5.91 Å². The van der Waals surface area contributed by atoms with Gasteiger partial charge in [-0.05, 0) is 55.8 Å². The predicted octanol–water partition coefficient (Wildman–Crippen LogP) is 2.03. The lowest BCUT2D eigenvalue weighted by atomic mass is 10.2. The van der Waals surface area contributed by atoms with Crippen molar-refractivity contribution in [3.8, 4) is 11.5 Å². The summed E-state index contributed by atoms with van der Waals surface area (Å²) in [5.41, 5.74) is 1.26. The van der Waals surface area contributed by atoms with Crippen LogP contribution in [-0.4, -0.2) is 27.2 Å². The third-order valence-electron chi connectivity index (χ3n) is 3.71. The average Bonchev–Trinajstić information content (AvgIpc) is 3.06. The van der Waals surface area contributed by atoms with E-state index in [2.05, 4.69) is 10.0 Å². The Bertz CT molecular complexity index is 908. The van der Waals surface area contributed by atoms with Gasteiger partial charge in [-0.2, -0.15) is 0 Å². The van der Waals surface area contributed by atoms with Crippen LogP contribution >= 0.6 is 0 Å². The van der Waals surface area contributed by atoms with E-state index in [9.17, 15) is 13.2 Å². The van der Waals surface area contributed by atoms with E-state index in [0.717, 1.165) is 5.56 Å². The van der Waals surface area contributed by atoms with Crippen molar-refractivity contribution in [2.24, 2.45) is 0 Å². The monoisotopic (exact) mass is 376 g/mol. The minimum Gasteiger partial charge on any atom is -0.454 e. The molecule has 0 unspecified atom stereocenters. The van der Waals surface area contributed by atoms with Gasteiger partial charge >= 0.3 is 0 Å². The van der Waals surface area contributed by atoms with Crippen LogP contribution in [-0.2, 0) is 16.6 Å². The van der Waals surface area contributed by atoms with E-state index >= 15 is 0 Å². The highest BCUT2D eigenvalue weighted by Gasteiger charge is 2.16. The molecule has 2 N–H and O–H groups in total. The summed E-state index contributed by atoms with van der Waals surface area (Å²) < 4.78 is 37.2. The number of fused-ring (bicyclic) bond motifs is 1. The molecule has 2 aromatic carbocycles. The van der Waals surface area contributed by atoms with Crippen LogP contribution in [0.4, 0.5) is 0 Å². The number of ether oxygens (including phenoxy) is 2. The minimum absolute atomic E-state index is 0.124. The number of hydrogen-bond acceptors (Lipinski definition) is 5. The van der Waals surface area contributed by atoms with Crippen LogP contribution in [0.3, 0.4) is 0 Å². The quantitative estimate of drug-likeness (QED) is 0.805. The van der Waals surface area contributed by atoms with E-state index in [0.29, 0.717) is 23.6 Å². The molecule has 1 aliphatic heterocycles. The maximum atomic E-state index is 12.3. The smallest absolute Gasteiger partial charge is 0.251 e. The Kier molecular flexibility index (Phi) is 5.15. The van der Waals surface area contributed by atoms with Gasteiger partial charge in [0.05, 0.1) is 4.90 Å². The molecule has 0 aliphatic carbocycles. The van der Waals surface area contributed by atoms with Crippen molar-refractivity contribution in [2.75, 3.05) is 6.79 Å². The van der Waals surface area contributed by atoms with Gasteiger partial charge in [-0.15, -0.1) is 0 Å². The summed E-state index contributed by atoms with van der Waals surface area (Å²) >= 11 is 0. The molecule has 3 rings (SSSR count). The summed E-state index contributed by atoms with van der Waals surface area (Å²) in [7, 11) is -3.57. The van der Waals surface area contributed by atoms with Crippen LogP contribution in [0.5, 0.6) is 11.5 Å². The van der Waals surface area contributed by atoms with Crippen LogP contribution < -0.4 is 19.5 Å². The van der Waals surface area contributed by atoms with Gasteiger partial charge in [0.1, 0.15) is 0 Å². The number of hydrogen-bond donors (Lipinski definition) is 2. The zero-order valence-electron chi connectivity index (χ0n) is 14.5. The van der Waals surface area contributed by atoms with Crippen LogP contribution in [0.25, 0.3) is 0 Å². The fourth-order valence-corrected chi connectivity index (χ4v) is 3.75. The second-order valence-corrected chi connectivity index (χ2v) is 7.88. The summed E-state index contributed by atoms with van der Waals surface area (Å²) in [6.07, 6.45) is 0. The zero-order valence-corrected chi connectivity index (χ0v) is 15.3. The third-order valence-corrected chi connectivity index (χ3v) is 5.38. The molecule has 7 nitrogen and oxygen atoms in total. The van der Waals surface area contributed by atoms with E-state index in [4.69, 9.17) is 9.47 Å². The Morgan fingerprint density at radius 2 is 1.77 bits per heavy atom. The van der Waals surface area contributed by atoms with Crippen molar-refractivity contribution in [3.63, 3.8) is 0 Å². The van der Waals surface area contributed by atoms with E-state index in [-0.39, 0.29) is 23.6 Å². The molecule has 0 radical (unpaired) electrons. The summed E-state index contributed by atoms with van der Waals surface area (Å²) in [5, 5.41) is 2.80. The first-order valence-electron chi connectivity index (χ1n) is 8.14. The average molecular weight is 376 g/mol. The molecule has 1 heterocycles. The van der Waals surface area contributed by atoms with Gasteiger partial charge in [0, 0.05) is 18.2 Å². The second kappa shape index (κ2) is 7.35.